The van der Waals surface area contributed by atoms with Gasteiger partial charge in [0.1, 0.15) is 5.75 Å². The van der Waals surface area contributed by atoms with Crippen molar-refractivity contribution < 1.29 is 14.3 Å². The summed E-state index contributed by atoms with van der Waals surface area (Å²) in [6.45, 7) is 2.21. The number of rotatable bonds is 8. The van der Waals surface area contributed by atoms with Crippen LogP contribution in [0.25, 0.3) is 5.57 Å². The monoisotopic (exact) mass is 522 g/mol. The van der Waals surface area contributed by atoms with Gasteiger partial charge in [-0.3, -0.25) is 0 Å². The Bertz CT molecular complexity index is 1050. The molecule has 0 radical (unpaired) electrons. The zero-order valence-corrected chi connectivity index (χ0v) is 21.9. The molecule has 2 aromatic carbocycles. The standard InChI is InChI=1S/C30H35BrO3/c1-3-34-29(32)26(24-7-5-8-25(31)16-24)9-4-6-20-10-11-27(28(15-20)33-2)30-17-21-12-22(18-30)14-23(13-21)19-30/h5,7-11,15-16,21-23H,3-4,6,12-14,17-19H2,1-2H3. The van der Waals surface area contributed by atoms with Crippen LogP contribution in [-0.4, -0.2) is 19.7 Å². The van der Waals surface area contributed by atoms with E-state index >= 15 is 0 Å². The van der Waals surface area contributed by atoms with E-state index in [0.29, 0.717) is 17.6 Å². The molecule has 0 N–H and O–H groups in total. The number of ether oxygens (including phenoxy) is 2. The topological polar surface area (TPSA) is 35.5 Å². The zero-order chi connectivity index (χ0) is 23.7. The summed E-state index contributed by atoms with van der Waals surface area (Å²) in [5.74, 6) is 3.54. The van der Waals surface area contributed by atoms with E-state index in [1.807, 2.05) is 44.4 Å². The molecule has 4 bridgehead atoms. The number of carbonyl (C=O) groups is 1. The number of methoxy groups -OCH3 is 1. The number of allylic oxidation sites excluding steroid dienone is 1. The molecule has 4 heteroatoms. The Kier molecular flexibility index (Phi) is 6.88. The van der Waals surface area contributed by atoms with Gasteiger partial charge in [0.15, 0.2) is 0 Å². The van der Waals surface area contributed by atoms with Crippen LogP contribution < -0.4 is 4.74 Å². The lowest BCUT2D eigenvalue weighted by atomic mass is 9.48. The summed E-state index contributed by atoms with van der Waals surface area (Å²) in [5.41, 5.74) is 4.52. The Hall–Kier alpha value is -2.07. The third-order valence-corrected chi connectivity index (χ3v) is 8.78. The predicted molar refractivity (Wildman–Crippen MR) is 140 cm³/mol. The molecule has 0 aromatic heterocycles. The number of benzene rings is 2. The number of carbonyl (C=O) groups excluding carboxylic acids is 1. The summed E-state index contributed by atoms with van der Waals surface area (Å²) < 4.78 is 12.2. The van der Waals surface area contributed by atoms with Gasteiger partial charge in [0.25, 0.3) is 0 Å². The van der Waals surface area contributed by atoms with Gasteiger partial charge < -0.3 is 9.47 Å². The van der Waals surface area contributed by atoms with Crippen LogP contribution in [-0.2, 0) is 21.4 Å². The highest BCUT2D eigenvalue weighted by Crippen LogP contribution is 2.61. The molecule has 2 aromatic rings. The predicted octanol–water partition coefficient (Wildman–Crippen LogP) is 7.50. The highest BCUT2D eigenvalue weighted by Gasteiger charge is 2.52. The van der Waals surface area contributed by atoms with E-state index in [9.17, 15) is 4.79 Å². The van der Waals surface area contributed by atoms with Gasteiger partial charge in [-0.05, 0) is 111 Å². The fourth-order valence-electron chi connectivity index (χ4n) is 7.34. The third kappa shape index (κ3) is 4.71. The molecule has 0 atom stereocenters. The fourth-order valence-corrected chi connectivity index (χ4v) is 7.74. The highest BCUT2D eigenvalue weighted by atomic mass is 79.9. The van der Waals surface area contributed by atoms with Crippen molar-refractivity contribution in [3.8, 4) is 5.75 Å². The lowest BCUT2D eigenvalue weighted by Gasteiger charge is -2.57. The van der Waals surface area contributed by atoms with Crippen molar-refractivity contribution in [2.75, 3.05) is 13.7 Å². The van der Waals surface area contributed by atoms with E-state index in [1.165, 1.54) is 49.7 Å². The highest BCUT2D eigenvalue weighted by molar-refractivity contribution is 9.10. The molecular weight excluding hydrogens is 488 g/mol. The van der Waals surface area contributed by atoms with Crippen molar-refractivity contribution in [3.05, 3.63) is 69.7 Å². The summed E-state index contributed by atoms with van der Waals surface area (Å²) in [5, 5.41) is 0. The van der Waals surface area contributed by atoms with E-state index in [1.54, 1.807) is 0 Å². The van der Waals surface area contributed by atoms with E-state index in [0.717, 1.165) is 46.4 Å². The number of hydrogen-bond acceptors (Lipinski definition) is 3. The van der Waals surface area contributed by atoms with Crippen LogP contribution in [0.2, 0.25) is 0 Å². The molecule has 4 aliphatic rings. The maximum atomic E-state index is 12.6. The van der Waals surface area contributed by atoms with Gasteiger partial charge in [0.05, 0.1) is 19.3 Å². The fraction of sp³-hybridized carbons (Fsp3) is 0.500. The SMILES string of the molecule is CCOC(=O)C(=CCCc1ccc(C23CC4CC(CC(C4)C2)C3)c(OC)c1)c1cccc(Br)c1. The number of aryl methyl sites for hydroxylation is 1. The summed E-state index contributed by atoms with van der Waals surface area (Å²) in [6, 6.07) is 14.7. The van der Waals surface area contributed by atoms with Crippen molar-refractivity contribution >= 4 is 27.5 Å². The minimum absolute atomic E-state index is 0.268. The van der Waals surface area contributed by atoms with Crippen molar-refractivity contribution in [2.45, 2.75) is 63.7 Å². The lowest BCUT2D eigenvalue weighted by molar-refractivity contribution is -0.136. The van der Waals surface area contributed by atoms with Crippen LogP contribution in [0.1, 0.15) is 68.6 Å². The summed E-state index contributed by atoms with van der Waals surface area (Å²) in [6.07, 6.45) is 12.0. The van der Waals surface area contributed by atoms with Gasteiger partial charge in [0.2, 0.25) is 0 Å². The van der Waals surface area contributed by atoms with Crippen LogP contribution in [0.15, 0.2) is 53.0 Å². The first kappa shape index (κ1) is 23.7. The molecular formula is C30H35BrO3. The molecule has 4 fully saturated rings. The summed E-state index contributed by atoms with van der Waals surface area (Å²) >= 11 is 3.51. The van der Waals surface area contributed by atoms with Gasteiger partial charge in [-0.15, -0.1) is 0 Å². The van der Waals surface area contributed by atoms with Gasteiger partial charge in [-0.2, -0.15) is 0 Å². The zero-order valence-electron chi connectivity index (χ0n) is 20.3. The minimum atomic E-state index is -0.268. The van der Waals surface area contributed by atoms with Crippen LogP contribution in [0.5, 0.6) is 5.75 Å². The van der Waals surface area contributed by atoms with Crippen molar-refractivity contribution in [2.24, 2.45) is 17.8 Å². The molecule has 0 spiro atoms. The largest absolute Gasteiger partial charge is 0.496 e. The number of esters is 1. The molecule has 4 saturated carbocycles. The number of hydrogen-bond donors (Lipinski definition) is 0. The Morgan fingerprint density at radius 1 is 1.06 bits per heavy atom. The summed E-state index contributed by atoms with van der Waals surface area (Å²) in [7, 11) is 1.81. The summed E-state index contributed by atoms with van der Waals surface area (Å²) in [4.78, 5) is 12.6. The number of halogens is 1. The first-order chi connectivity index (χ1) is 16.5. The first-order valence-electron chi connectivity index (χ1n) is 12.8. The average molecular weight is 524 g/mol. The van der Waals surface area contributed by atoms with Crippen molar-refractivity contribution in [1.82, 2.24) is 0 Å². The molecule has 0 heterocycles. The van der Waals surface area contributed by atoms with Gasteiger partial charge in [-0.25, -0.2) is 4.79 Å². The normalized spacial score (nSPS) is 27.6. The maximum Gasteiger partial charge on any atom is 0.338 e. The van der Waals surface area contributed by atoms with E-state index in [4.69, 9.17) is 9.47 Å². The van der Waals surface area contributed by atoms with Gasteiger partial charge in [-0.1, -0.05) is 46.3 Å². The molecule has 0 aliphatic heterocycles. The molecule has 6 rings (SSSR count). The average Bonchev–Trinajstić information content (AvgIpc) is 2.81. The quantitative estimate of drug-likeness (QED) is 0.265. The molecule has 4 aliphatic carbocycles. The van der Waals surface area contributed by atoms with Crippen LogP contribution in [0.3, 0.4) is 0 Å². The molecule has 0 saturated heterocycles. The Morgan fingerprint density at radius 3 is 2.38 bits per heavy atom. The van der Waals surface area contributed by atoms with Gasteiger partial charge >= 0.3 is 5.97 Å². The second kappa shape index (κ2) is 9.89. The van der Waals surface area contributed by atoms with E-state index in [-0.39, 0.29) is 5.97 Å². The van der Waals surface area contributed by atoms with Crippen molar-refractivity contribution in [1.29, 1.82) is 0 Å². The van der Waals surface area contributed by atoms with Crippen LogP contribution >= 0.6 is 15.9 Å². The smallest absolute Gasteiger partial charge is 0.338 e. The molecule has 0 unspecified atom stereocenters. The van der Waals surface area contributed by atoms with Crippen LogP contribution in [0, 0.1) is 17.8 Å². The lowest BCUT2D eigenvalue weighted by Crippen LogP contribution is -2.48. The first-order valence-corrected chi connectivity index (χ1v) is 13.6. The maximum absolute atomic E-state index is 12.6. The van der Waals surface area contributed by atoms with Crippen LogP contribution in [0.4, 0.5) is 0 Å². The second-order valence-corrected chi connectivity index (χ2v) is 11.5. The van der Waals surface area contributed by atoms with E-state index < -0.39 is 0 Å². The Balaban J connectivity index is 1.35. The van der Waals surface area contributed by atoms with Gasteiger partial charge in [0, 0.05) is 10.0 Å². The Morgan fingerprint density at radius 2 is 1.76 bits per heavy atom. The minimum Gasteiger partial charge on any atom is -0.496 e. The third-order valence-electron chi connectivity index (χ3n) is 8.29. The molecule has 34 heavy (non-hydrogen) atoms. The van der Waals surface area contributed by atoms with Crippen molar-refractivity contribution in [3.63, 3.8) is 0 Å². The molecule has 3 nitrogen and oxygen atoms in total. The van der Waals surface area contributed by atoms with E-state index in [2.05, 4.69) is 34.1 Å². The Labute approximate surface area is 212 Å². The molecule has 0 amide bonds. The molecule has 180 valence electrons. The second-order valence-electron chi connectivity index (χ2n) is 10.6.